The highest BCUT2D eigenvalue weighted by Gasteiger charge is 2.27. The highest BCUT2D eigenvalue weighted by Crippen LogP contribution is 2.32. The highest BCUT2D eigenvalue weighted by molar-refractivity contribution is 5.90. The summed E-state index contributed by atoms with van der Waals surface area (Å²) < 4.78 is 19.1. The van der Waals surface area contributed by atoms with Crippen LogP contribution in [0.25, 0.3) is 11.4 Å². The maximum Gasteiger partial charge on any atom is 0.342 e. The van der Waals surface area contributed by atoms with Gasteiger partial charge < -0.3 is 19.3 Å². The Labute approximate surface area is 253 Å². The standard InChI is InChI=1S/C34H42N4O5/c1-6-9-28(30-11-7-12-31(36-30)38-33(41-5)29(18-35-38)34(39)40)32(22(2)3)43-20-25-14-13-24-19-37(16-15-27(24)23(25)4)26-10-8-17-42-21-26/h7,9,11-14,18,26H,6,8,10,15-17,19-21H2,1-5H3,(H,39,40)/b28-9-. The van der Waals surface area contributed by atoms with E-state index < -0.39 is 5.97 Å². The molecule has 0 bridgehead atoms. The molecular weight excluding hydrogens is 544 g/mol. The molecule has 1 N–H and O–H groups in total. The summed E-state index contributed by atoms with van der Waals surface area (Å²) in [4.78, 5) is 19.1. The highest BCUT2D eigenvalue weighted by atomic mass is 16.5. The van der Waals surface area contributed by atoms with Gasteiger partial charge in [0, 0.05) is 31.3 Å². The van der Waals surface area contributed by atoms with Crippen LogP contribution in [-0.4, -0.2) is 63.7 Å². The van der Waals surface area contributed by atoms with Crippen molar-refractivity contribution in [2.75, 3.05) is 26.9 Å². The molecule has 2 aromatic heterocycles. The lowest BCUT2D eigenvalue weighted by molar-refractivity contribution is 0.0125. The van der Waals surface area contributed by atoms with Crippen molar-refractivity contribution in [2.45, 2.75) is 72.6 Å². The minimum absolute atomic E-state index is 0.0246. The fraction of sp³-hybridized carbons (Fsp3) is 0.441. The zero-order valence-corrected chi connectivity index (χ0v) is 25.9. The molecule has 2 aliphatic heterocycles. The van der Waals surface area contributed by atoms with Crippen LogP contribution in [0.1, 0.15) is 78.3 Å². The zero-order valence-electron chi connectivity index (χ0n) is 25.9. The number of aromatic nitrogens is 3. The first-order valence-electron chi connectivity index (χ1n) is 15.1. The molecule has 2 aliphatic rings. The van der Waals surface area contributed by atoms with Crippen molar-refractivity contribution in [3.63, 3.8) is 0 Å². The Morgan fingerprint density at radius 1 is 1.23 bits per heavy atom. The Kier molecular flexibility index (Phi) is 9.62. The van der Waals surface area contributed by atoms with Gasteiger partial charge in [-0.3, -0.25) is 4.90 Å². The fourth-order valence-corrected chi connectivity index (χ4v) is 6.08. The van der Waals surface area contributed by atoms with Crippen molar-refractivity contribution in [1.82, 2.24) is 19.7 Å². The van der Waals surface area contributed by atoms with Gasteiger partial charge in [0.1, 0.15) is 17.9 Å². The van der Waals surface area contributed by atoms with Crippen molar-refractivity contribution in [2.24, 2.45) is 0 Å². The Hall–Kier alpha value is -3.95. The van der Waals surface area contributed by atoms with E-state index in [0.29, 0.717) is 24.2 Å². The SMILES string of the molecule is CC/C=C(\C(OCc1ccc2c(c1C)CCN(C1CCCOC1)C2)=C(C)C)c1cccc(-n2ncc(C(=O)O)c2OC)n1. The van der Waals surface area contributed by atoms with Crippen molar-refractivity contribution < 1.29 is 24.1 Å². The molecule has 1 fully saturated rings. The van der Waals surface area contributed by atoms with Crippen LogP contribution in [0.2, 0.25) is 0 Å². The molecule has 228 valence electrons. The number of carboxylic acid groups (broad SMARTS) is 1. The number of ether oxygens (including phenoxy) is 3. The van der Waals surface area contributed by atoms with Gasteiger partial charge in [-0.15, -0.1) is 0 Å². The summed E-state index contributed by atoms with van der Waals surface area (Å²) in [5.74, 6) is 0.247. The average Bonchev–Trinajstić information content (AvgIpc) is 3.46. The number of benzene rings is 1. The Morgan fingerprint density at radius 2 is 2.07 bits per heavy atom. The molecule has 9 nitrogen and oxygen atoms in total. The van der Waals surface area contributed by atoms with E-state index in [-0.39, 0.29) is 11.4 Å². The van der Waals surface area contributed by atoms with E-state index in [1.807, 2.05) is 26.0 Å². The molecule has 1 unspecified atom stereocenters. The van der Waals surface area contributed by atoms with Crippen LogP contribution >= 0.6 is 0 Å². The molecule has 9 heteroatoms. The summed E-state index contributed by atoms with van der Waals surface area (Å²) in [6.45, 7) is 12.6. The second-order valence-electron chi connectivity index (χ2n) is 11.4. The molecule has 1 saturated heterocycles. The van der Waals surface area contributed by atoms with E-state index in [0.717, 1.165) is 62.5 Å². The third-order valence-electron chi connectivity index (χ3n) is 8.34. The van der Waals surface area contributed by atoms with Gasteiger partial charge in [-0.2, -0.15) is 9.78 Å². The van der Waals surface area contributed by atoms with Crippen LogP contribution < -0.4 is 4.74 Å². The third kappa shape index (κ3) is 6.53. The van der Waals surface area contributed by atoms with Gasteiger partial charge in [-0.05, 0) is 86.4 Å². The summed E-state index contributed by atoms with van der Waals surface area (Å²) in [6.07, 6.45) is 7.57. The van der Waals surface area contributed by atoms with E-state index in [1.54, 1.807) is 6.07 Å². The first-order chi connectivity index (χ1) is 20.8. The number of methoxy groups -OCH3 is 1. The molecule has 3 aromatic rings. The lowest BCUT2D eigenvalue weighted by Crippen LogP contribution is -2.44. The fourth-order valence-electron chi connectivity index (χ4n) is 6.08. The van der Waals surface area contributed by atoms with Crippen LogP contribution in [0.3, 0.4) is 0 Å². The Balaban J connectivity index is 1.37. The van der Waals surface area contributed by atoms with Gasteiger partial charge in [-0.25, -0.2) is 9.78 Å². The predicted molar refractivity (Wildman–Crippen MR) is 165 cm³/mol. The molecule has 0 spiro atoms. The molecular formula is C34H42N4O5. The van der Waals surface area contributed by atoms with Crippen LogP contribution in [-0.2, 0) is 29.0 Å². The first kappa shape index (κ1) is 30.5. The molecule has 0 radical (unpaired) electrons. The monoisotopic (exact) mass is 586 g/mol. The van der Waals surface area contributed by atoms with Crippen LogP contribution in [0.4, 0.5) is 0 Å². The minimum Gasteiger partial charge on any atom is -0.488 e. The number of nitrogens with zero attached hydrogens (tertiary/aromatic N) is 4. The second-order valence-corrected chi connectivity index (χ2v) is 11.4. The van der Waals surface area contributed by atoms with Gasteiger partial charge in [0.05, 0.1) is 25.6 Å². The number of fused-ring (bicyclic) bond motifs is 1. The number of allylic oxidation sites excluding steroid dienone is 3. The third-order valence-corrected chi connectivity index (χ3v) is 8.34. The Morgan fingerprint density at radius 3 is 2.77 bits per heavy atom. The van der Waals surface area contributed by atoms with Gasteiger partial charge in [-0.1, -0.05) is 31.2 Å². The Bertz CT molecular complexity index is 1530. The molecule has 1 aromatic carbocycles. The molecule has 5 rings (SSSR count). The first-order valence-corrected chi connectivity index (χ1v) is 15.1. The van der Waals surface area contributed by atoms with Crippen molar-refractivity contribution in [3.8, 4) is 11.7 Å². The quantitative estimate of drug-likeness (QED) is 0.224. The van der Waals surface area contributed by atoms with E-state index >= 15 is 0 Å². The number of carboxylic acids is 1. The maximum absolute atomic E-state index is 11.6. The topological polar surface area (TPSA) is 98.9 Å². The summed E-state index contributed by atoms with van der Waals surface area (Å²) in [6, 6.07) is 10.6. The smallest absolute Gasteiger partial charge is 0.342 e. The molecule has 4 heterocycles. The normalized spacial score (nSPS) is 17.3. The van der Waals surface area contributed by atoms with E-state index in [9.17, 15) is 9.90 Å². The van der Waals surface area contributed by atoms with Gasteiger partial charge in [0.2, 0.25) is 5.88 Å². The van der Waals surface area contributed by atoms with E-state index in [4.69, 9.17) is 19.2 Å². The van der Waals surface area contributed by atoms with Crippen LogP contribution in [0, 0.1) is 6.92 Å². The molecule has 0 amide bonds. The molecule has 1 atom stereocenters. The maximum atomic E-state index is 11.6. The largest absolute Gasteiger partial charge is 0.488 e. The predicted octanol–water partition coefficient (Wildman–Crippen LogP) is 6.12. The zero-order chi connectivity index (χ0) is 30.5. The lowest BCUT2D eigenvalue weighted by atomic mass is 9.90. The average molecular weight is 587 g/mol. The number of aromatic carboxylic acids is 1. The van der Waals surface area contributed by atoms with Gasteiger partial charge >= 0.3 is 5.97 Å². The second kappa shape index (κ2) is 13.6. The van der Waals surface area contributed by atoms with E-state index in [1.165, 1.54) is 46.7 Å². The molecule has 0 aliphatic carbocycles. The number of pyridine rings is 1. The van der Waals surface area contributed by atoms with Crippen LogP contribution in [0.15, 0.2) is 53.9 Å². The summed E-state index contributed by atoms with van der Waals surface area (Å²) in [7, 11) is 1.42. The van der Waals surface area contributed by atoms with Crippen molar-refractivity contribution >= 4 is 11.5 Å². The van der Waals surface area contributed by atoms with Gasteiger partial charge in [0.25, 0.3) is 0 Å². The van der Waals surface area contributed by atoms with Crippen LogP contribution in [0.5, 0.6) is 5.88 Å². The minimum atomic E-state index is -1.11. The molecule has 0 saturated carbocycles. The lowest BCUT2D eigenvalue weighted by Gasteiger charge is -2.38. The number of carbonyl (C=O) groups is 1. The number of hydrogen-bond donors (Lipinski definition) is 1. The van der Waals surface area contributed by atoms with Gasteiger partial charge in [0.15, 0.2) is 5.82 Å². The van der Waals surface area contributed by atoms with E-state index in [2.05, 4.69) is 42.1 Å². The number of hydrogen-bond acceptors (Lipinski definition) is 7. The summed E-state index contributed by atoms with van der Waals surface area (Å²) >= 11 is 0. The van der Waals surface area contributed by atoms with Crippen molar-refractivity contribution in [3.05, 3.63) is 87.4 Å². The molecule has 43 heavy (non-hydrogen) atoms. The summed E-state index contributed by atoms with van der Waals surface area (Å²) in [5.41, 5.74) is 7.96. The number of rotatable bonds is 10. The summed E-state index contributed by atoms with van der Waals surface area (Å²) in [5, 5.41) is 13.7. The van der Waals surface area contributed by atoms with Crippen molar-refractivity contribution in [1.29, 1.82) is 0 Å².